The Labute approximate surface area is 93.0 Å². The van der Waals surface area contributed by atoms with Crippen molar-refractivity contribution in [1.29, 1.82) is 0 Å². The van der Waals surface area contributed by atoms with Gasteiger partial charge in [-0.25, -0.2) is 0 Å². The Morgan fingerprint density at radius 1 is 1.38 bits per heavy atom. The molecule has 0 aliphatic rings. The third-order valence-corrected chi connectivity index (χ3v) is 2.07. The van der Waals surface area contributed by atoms with Crippen molar-refractivity contribution in [3.8, 4) is 0 Å². The van der Waals surface area contributed by atoms with Crippen LogP contribution in [0.1, 0.15) is 30.8 Å². The van der Waals surface area contributed by atoms with Gasteiger partial charge in [-0.1, -0.05) is 0 Å². The van der Waals surface area contributed by atoms with E-state index in [0.717, 1.165) is 12.2 Å². The molecule has 0 saturated heterocycles. The maximum Gasteiger partial charge on any atom is 0.303 e. The van der Waals surface area contributed by atoms with Crippen LogP contribution in [-0.4, -0.2) is 17.5 Å². The van der Waals surface area contributed by atoms with Gasteiger partial charge in [0.25, 0.3) is 6.47 Å². The minimum atomic E-state index is -0.778. The molecule has 0 amide bonds. The highest BCUT2D eigenvalue weighted by molar-refractivity contribution is 5.66. The molecule has 0 fully saturated rings. The zero-order valence-electron chi connectivity index (χ0n) is 8.85. The van der Waals surface area contributed by atoms with Crippen LogP contribution in [0.5, 0.6) is 0 Å². The highest BCUT2D eigenvalue weighted by Crippen LogP contribution is 2.12. The number of hydrogen-bond donors (Lipinski definition) is 1. The number of carbonyl (C=O) groups is 2. The van der Waals surface area contributed by atoms with Crippen molar-refractivity contribution < 1.29 is 23.8 Å². The fourth-order valence-corrected chi connectivity index (χ4v) is 1.33. The van der Waals surface area contributed by atoms with Crippen molar-refractivity contribution in [3.63, 3.8) is 0 Å². The van der Waals surface area contributed by atoms with E-state index in [0.29, 0.717) is 25.1 Å². The van der Waals surface area contributed by atoms with Gasteiger partial charge in [0, 0.05) is 12.8 Å². The summed E-state index contributed by atoms with van der Waals surface area (Å²) < 4.78 is 9.90. The van der Waals surface area contributed by atoms with Gasteiger partial charge in [-0.3, -0.25) is 9.59 Å². The molecule has 1 aromatic heterocycles. The third-order valence-electron chi connectivity index (χ3n) is 2.07. The van der Waals surface area contributed by atoms with Crippen molar-refractivity contribution in [3.05, 3.63) is 23.7 Å². The molecular formula is C11H14O5. The fraction of sp³-hybridized carbons (Fsp3) is 0.455. The van der Waals surface area contributed by atoms with Crippen LogP contribution < -0.4 is 0 Å². The largest absolute Gasteiger partial charge is 0.481 e. The van der Waals surface area contributed by atoms with Gasteiger partial charge in [-0.05, 0) is 25.0 Å². The van der Waals surface area contributed by atoms with Crippen LogP contribution >= 0.6 is 0 Å². The highest BCUT2D eigenvalue weighted by Gasteiger charge is 2.03. The molecule has 5 heteroatoms. The van der Waals surface area contributed by atoms with Crippen molar-refractivity contribution in [2.45, 2.75) is 32.3 Å². The maximum atomic E-state index is 10.3. The van der Waals surface area contributed by atoms with Gasteiger partial charge in [0.15, 0.2) is 0 Å². The number of aryl methyl sites for hydroxylation is 1. The SMILES string of the molecule is O=COCc1ccc(CCCCC(=O)O)o1. The van der Waals surface area contributed by atoms with E-state index in [4.69, 9.17) is 9.52 Å². The molecule has 0 aliphatic heterocycles. The first-order valence-corrected chi connectivity index (χ1v) is 5.07. The molecule has 1 heterocycles. The number of carboxylic acids is 1. The number of carboxylic acid groups (broad SMARTS) is 1. The summed E-state index contributed by atoms with van der Waals surface area (Å²) in [6, 6.07) is 3.56. The monoisotopic (exact) mass is 226 g/mol. The van der Waals surface area contributed by atoms with Gasteiger partial charge < -0.3 is 14.3 Å². The lowest BCUT2D eigenvalue weighted by Crippen LogP contribution is -1.94. The zero-order chi connectivity index (χ0) is 11.8. The average Bonchev–Trinajstić information content (AvgIpc) is 2.69. The fourth-order valence-electron chi connectivity index (χ4n) is 1.33. The number of rotatable bonds is 8. The standard InChI is InChI=1S/C11H14O5/c12-8-15-7-10-6-5-9(16-10)3-1-2-4-11(13)14/h5-6,8H,1-4,7H2,(H,13,14). The van der Waals surface area contributed by atoms with E-state index >= 15 is 0 Å². The highest BCUT2D eigenvalue weighted by atomic mass is 16.5. The molecule has 0 atom stereocenters. The first-order chi connectivity index (χ1) is 7.72. The van der Waals surface area contributed by atoms with Crippen molar-refractivity contribution >= 4 is 12.4 Å². The molecule has 0 aliphatic carbocycles. The van der Waals surface area contributed by atoms with Crippen LogP contribution in [0.25, 0.3) is 0 Å². The molecule has 0 unspecified atom stereocenters. The van der Waals surface area contributed by atoms with E-state index in [2.05, 4.69) is 4.74 Å². The molecule has 5 nitrogen and oxygen atoms in total. The van der Waals surface area contributed by atoms with Crippen LogP contribution in [0.4, 0.5) is 0 Å². The van der Waals surface area contributed by atoms with Gasteiger partial charge in [-0.15, -0.1) is 0 Å². The van der Waals surface area contributed by atoms with Crippen molar-refractivity contribution in [1.82, 2.24) is 0 Å². The summed E-state index contributed by atoms with van der Waals surface area (Å²) in [5.74, 6) is 0.606. The molecule has 0 saturated carbocycles. The molecule has 0 aromatic carbocycles. The van der Waals surface area contributed by atoms with E-state index in [1.165, 1.54) is 0 Å². The maximum absolute atomic E-state index is 10.3. The molecule has 1 rings (SSSR count). The number of aliphatic carboxylic acids is 1. The predicted molar refractivity (Wildman–Crippen MR) is 54.8 cm³/mol. The summed E-state index contributed by atoms with van der Waals surface area (Å²) in [6.45, 7) is 0.508. The predicted octanol–water partition coefficient (Wildman–Crippen LogP) is 1.75. The zero-order valence-corrected chi connectivity index (χ0v) is 8.85. The second-order valence-electron chi connectivity index (χ2n) is 3.38. The Morgan fingerprint density at radius 2 is 2.12 bits per heavy atom. The van der Waals surface area contributed by atoms with E-state index in [1.54, 1.807) is 6.07 Å². The second-order valence-corrected chi connectivity index (χ2v) is 3.38. The number of ether oxygens (including phenoxy) is 1. The molecule has 0 spiro atoms. The summed E-state index contributed by atoms with van der Waals surface area (Å²) in [5.41, 5.74) is 0. The number of carbonyl (C=O) groups excluding carboxylic acids is 1. The third kappa shape index (κ3) is 4.63. The van der Waals surface area contributed by atoms with E-state index in [1.807, 2.05) is 6.07 Å². The molecule has 0 bridgehead atoms. The quantitative estimate of drug-likeness (QED) is 0.539. The van der Waals surface area contributed by atoms with Gasteiger partial charge >= 0.3 is 5.97 Å². The average molecular weight is 226 g/mol. The van der Waals surface area contributed by atoms with Gasteiger partial charge in [0.1, 0.15) is 18.1 Å². The minimum absolute atomic E-state index is 0.138. The summed E-state index contributed by atoms with van der Waals surface area (Å²) in [4.78, 5) is 20.2. The lowest BCUT2D eigenvalue weighted by molar-refractivity contribution is -0.137. The van der Waals surface area contributed by atoms with Crippen LogP contribution in [0.3, 0.4) is 0 Å². The molecule has 16 heavy (non-hydrogen) atoms. The molecular weight excluding hydrogens is 212 g/mol. The topological polar surface area (TPSA) is 76.7 Å². The van der Waals surface area contributed by atoms with Crippen LogP contribution in [-0.2, 0) is 27.4 Å². The first kappa shape index (κ1) is 12.3. The molecule has 0 radical (unpaired) electrons. The minimum Gasteiger partial charge on any atom is -0.481 e. The Bertz CT molecular complexity index is 342. The first-order valence-electron chi connectivity index (χ1n) is 5.07. The number of unbranched alkanes of at least 4 members (excludes halogenated alkanes) is 1. The van der Waals surface area contributed by atoms with Gasteiger partial charge in [-0.2, -0.15) is 0 Å². The summed E-state index contributed by atoms with van der Waals surface area (Å²) in [5, 5.41) is 8.44. The lowest BCUT2D eigenvalue weighted by Gasteiger charge is -1.96. The normalized spacial score (nSPS) is 10.0. The Hall–Kier alpha value is -1.78. The number of furan rings is 1. The van der Waals surface area contributed by atoms with Crippen LogP contribution in [0, 0.1) is 0 Å². The lowest BCUT2D eigenvalue weighted by atomic mass is 10.1. The number of hydrogen-bond acceptors (Lipinski definition) is 4. The molecule has 88 valence electrons. The summed E-state index contributed by atoms with van der Waals surface area (Å²) >= 11 is 0. The van der Waals surface area contributed by atoms with E-state index in [-0.39, 0.29) is 13.0 Å². The van der Waals surface area contributed by atoms with E-state index in [9.17, 15) is 9.59 Å². The second kappa shape index (κ2) is 6.66. The summed E-state index contributed by atoms with van der Waals surface area (Å²) in [7, 11) is 0. The molecule has 1 aromatic rings. The Balaban J connectivity index is 2.23. The van der Waals surface area contributed by atoms with Crippen molar-refractivity contribution in [2.24, 2.45) is 0 Å². The van der Waals surface area contributed by atoms with Crippen LogP contribution in [0.2, 0.25) is 0 Å². The Kier molecular flexibility index (Phi) is 5.11. The van der Waals surface area contributed by atoms with Crippen molar-refractivity contribution in [2.75, 3.05) is 0 Å². The van der Waals surface area contributed by atoms with Gasteiger partial charge in [0.2, 0.25) is 0 Å². The summed E-state index contributed by atoms with van der Waals surface area (Å²) in [6.07, 6.45) is 2.29. The molecule has 1 N–H and O–H groups in total. The Morgan fingerprint density at radius 3 is 2.81 bits per heavy atom. The smallest absolute Gasteiger partial charge is 0.303 e. The van der Waals surface area contributed by atoms with E-state index < -0.39 is 5.97 Å². The van der Waals surface area contributed by atoms with Gasteiger partial charge in [0.05, 0.1) is 0 Å². The van der Waals surface area contributed by atoms with Crippen LogP contribution in [0.15, 0.2) is 16.5 Å².